The number of hydrogen-bond donors (Lipinski definition) is 0. The second-order valence-corrected chi connectivity index (χ2v) is 7.10. The monoisotopic (exact) mass is 236 g/mol. The molecule has 12 heavy (non-hydrogen) atoms. The van der Waals surface area contributed by atoms with Gasteiger partial charge in [-0.3, -0.25) is 0 Å². The summed E-state index contributed by atoms with van der Waals surface area (Å²) in [5.74, 6) is 0. The van der Waals surface area contributed by atoms with Gasteiger partial charge in [-0.2, -0.15) is 0 Å². The minimum Gasteiger partial charge on any atom is -0.691 e. The Morgan fingerprint density at radius 1 is 1.17 bits per heavy atom. The van der Waals surface area contributed by atoms with E-state index < -0.39 is 5.69 Å². The van der Waals surface area contributed by atoms with Crippen molar-refractivity contribution in [3.05, 3.63) is 0 Å². The molecule has 0 unspecified atom stereocenters. The zero-order chi connectivity index (χ0) is 8.74. The van der Waals surface area contributed by atoms with Gasteiger partial charge in [0.15, 0.2) is 0 Å². The SMILES string of the molecule is CCCOP(=S)([S-])OCCC.[Na+]. The maximum atomic E-state index is 5.20. The number of hydrogen-bond acceptors (Lipinski definition) is 4. The van der Waals surface area contributed by atoms with E-state index in [-0.39, 0.29) is 29.6 Å². The van der Waals surface area contributed by atoms with Crippen LogP contribution in [0.25, 0.3) is 0 Å². The van der Waals surface area contributed by atoms with Crippen LogP contribution < -0.4 is 29.6 Å². The summed E-state index contributed by atoms with van der Waals surface area (Å²) in [5, 5.41) is 0. The second kappa shape index (κ2) is 9.47. The summed E-state index contributed by atoms with van der Waals surface area (Å²) in [7, 11) is 0. The van der Waals surface area contributed by atoms with Crippen molar-refractivity contribution in [2.45, 2.75) is 26.7 Å². The van der Waals surface area contributed by atoms with E-state index in [1.54, 1.807) is 0 Å². The Balaban J connectivity index is 0. The van der Waals surface area contributed by atoms with E-state index in [2.05, 4.69) is 0 Å². The first-order valence-corrected chi connectivity index (χ1v) is 7.37. The minimum absolute atomic E-state index is 0. The zero-order valence-corrected chi connectivity index (χ0v) is 12.4. The largest absolute Gasteiger partial charge is 1.00 e. The Morgan fingerprint density at radius 3 is 1.75 bits per heavy atom. The van der Waals surface area contributed by atoms with E-state index in [1.165, 1.54) is 0 Å². The summed E-state index contributed by atoms with van der Waals surface area (Å²) in [5.41, 5.74) is -2.31. The molecule has 0 fully saturated rings. The molecule has 0 radical (unpaired) electrons. The van der Waals surface area contributed by atoms with Gasteiger partial charge >= 0.3 is 29.6 Å². The first kappa shape index (κ1) is 16.4. The van der Waals surface area contributed by atoms with E-state index in [9.17, 15) is 0 Å². The fourth-order valence-corrected chi connectivity index (χ4v) is 2.22. The van der Waals surface area contributed by atoms with Gasteiger partial charge in [-0.15, -0.1) is 0 Å². The predicted octanol–water partition coefficient (Wildman–Crippen LogP) is -0.385. The normalized spacial score (nSPS) is 10.9. The fourth-order valence-electron chi connectivity index (χ4n) is 0.443. The first-order chi connectivity index (χ1) is 5.12. The summed E-state index contributed by atoms with van der Waals surface area (Å²) in [6.07, 6.45) is 1.87. The average molecular weight is 236 g/mol. The van der Waals surface area contributed by atoms with Crippen LogP contribution in [0.3, 0.4) is 0 Å². The van der Waals surface area contributed by atoms with Crippen LogP contribution in [-0.4, -0.2) is 13.2 Å². The topological polar surface area (TPSA) is 18.5 Å². The van der Waals surface area contributed by atoms with Crippen LogP contribution >= 0.6 is 5.69 Å². The Hall–Kier alpha value is 1.92. The van der Waals surface area contributed by atoms with E-state index in [0.29, 0.717) is 13.2 Å². The van der Waals surface area contributed by atoms with E-state index in [1.807, 2.05) is 13.8 Å². The fraction of sp³-hybridized carbons (Fsp3) is 1.00. The van der Waals surface area contributed by atoms with Crippen LogP contribution in [0.2, 0.25) is 0 Å². The quantitative estimate of drug-likeness (QED) is 0.355. The standard InChI is InChI=1S/C6H15O2PS2.Na/c1-3-5-7-9(10,11)8-6-4-2;/h3-6H2,1-2H3,(H,10,11);/q;+1/p-1. The molecule has 2 nitrogen and oxygen atoms in total. The molecular weight excluding hydrogens is 222 g/mol. The molecule has 68 valence electrons. The Labute approximate surface area is 107 Å². The van der Waals surface area contributed by atoms with Crippen LogP contribution in [0, 0.1) is 0 Å². The van der Waals surface area contributed by atoms with Crippen LogP contribution in [0.1, 0.15) is 26.7 Å². The third-order valence-corrected chi connectivity index (χ3v) is 3.17. The predicted molar refractivity (Wildman–Crippen MR) is 54.1 cm³/mol. The van der Waals surface area contributed by atoms with Crippen LogP contribution in [0.15, 0.2) is 0 Å². The first-order valence-electron chi connectivity index (χ1n) is 3.72. The van der Waals surface area contributed by atoms with Crippen LogP contribution in [0.5, 0.6) is 0 Å². The molecule has 0 aliphatic heterocycles. The molecule has 0 N–H and O–H groups in total. The molecule has 0 aliphatic carbocycles. The van der Waals surface area contributed by atoms with Crippen molar-refractivity contribution in [3.8, 4) is 0 Å². The summed E-state index contributed by atoms with van der Waals surface area (Å²) >= 11 is 9.91. The van der Waals surface area contributed by atoms with Gasteiger partial charge < -0.3 is 21.3 Å². The van der Waals surface area contributed by atoms with Gasteiger partial charge in [-0.25, -0.2) is 0 Å². The van der Waals surface area contributed by atoms with Crippen molar-refractivity contribution < 1.29 is 38.6 Å². The van der Waals surface area contributed by atoms with E-state index in [4.69, 9.17) is 33.1 Å². The maximum Gasteiger partial charge on any atom is 1.00 e. The third-order valence-electron chi connectivity index (χ3n) is 0.907. The molecule has 0 aromatic heterocycles. The molecule has 0 bridgehead atoms. The Kier molecular flexibility index (Phi) is 12.9. The van der Waals surface area contributed by atoms with Crippen molar-refractivity contribution in [2.24, 2.45) is 0 Å². The van der Waals surface area contributed by atoms with Crippen molar-refractivity contribution in [1.82, 2.24) is 0 Å². The van der Waals surface area contributed by atoms with Gasteiger partial charge in [0.1, 0.15) is 0 Å². The Bertz CT molecular complexity index is 134. The molecule has 0 rings (SSSR count). The van der Waals surface area contributed by atoms with Crippen molar-refractivity contribution in [1.29, 1.82) is 0 Å². The second-order valence-electron chi connectivity index (χ2n) is 2.11. The number of rotatable bonds is 6. The smallest absolute Gasteiger partial charge is 0.691 e. The van der Waals surface area contributed by atoms with Crippen molar-refractivity contribution in [3.63, 3.8) is 0 Å². The molecule has 0 spiro atoms. The molecular formula is C6H14NaO2PS2. The third kappa shape index (κ3) is 10.0. The van der Waals surface area contributed by atoms with Gasteiger partial charge in [-0.05, 0) is 12.8 Å². The Morgan fingerprint density at radius 2 is 1.50 bits per heavy atom. The van der Waals surface area contributed by atoms with Gasteiger partial charge in [-0.1, -0.05) is 25.7 Å². The molecule has 0 heterocycles. The maximum absolute atomic E-state index is 5.20. The van der Waals surface area contributed by atoms with Gasteiger partial charge in [0.25, 0.3) is 0 Å². The van der Waals surface area contributed by atoms with Crippen molar-refractivity contribution >= 4 is 29.7 Å². The minimum atomic E-state index is -2.31. The summed E-state index contributed by atoms with van der Waals surface area (Å²) in [4.78, 5) is 0. The zero-order valence-electron chi connectivity index (χ0n) is 7.91. The molecule has 0 aromatic rings. The van der Waals surface area contributed by atoms with Gasteiger partial charge in [0, 0.05) is 0 Å². The molecule has 0 aromatic carbocycles. The molecule has 0 atom stereocenters. The molecule has 6 heteroatoms. The summed E-state index contributed by atoms with van der Waals surface area (Å²) < 4.78 is 10.4. The molecule has 0 saturated carbocycles. The summed E-state index contributed by atoms with van der Waals surface area (Å²) in [6, 6.07) is 0. The van der Waals surface area contributed by atoms with Crippen LogP contribution in [0.4, 0.5) is 0 Å². The molecule has 0 amide bonds. The molecule has 0 saturated heterocycles. The van der Waals surface area contributed by atoms with Gasteiger partial charge in [0.05, 0.1) is 18.9 Å². The average Bonchev–Trinajstić information content (AvgIpc) is 1.97. The summed E-state index contributed by atoms with van der Waals surface area (Å²) in [6.45, 7) is 5.27. The van der Waals surface area contributed by atoms with Crippen molar-refractivity contribution in [2.75, 3.05) is 13.2 Å². The van der Waals surface area contributed by atoms with Crippen LogP contribution in [-0.2, 0) is 33.1 Å². The van der Waals surface area contributed by atoms with E-state index in [0.717, 1.165) is 12.8 Å². The van der Waals surface area contributed by atoms with E-state index >= 15 is 0 Å². The van der Waals surface area contributed by atoms with Gasteiger partial charge in [0.2, 0.25) is 0 Å². The molecule has 0 aliphatic rings.